The number of aliphatic hydroxyl groups excluding tert-OH is 1. The minimum Gasteiger partial charge on any atom is -0.499 e. The molecule has 2 rings (SSSR count). The van der Waals surface area contributed by atoms with Crippen LogP contribution < -0.4 is 0 Å². The molecule has 104 valence electrons. The zero-order chi connectivity index (χ0) is 14.8. The number of rotatable bonds is 3. The van der Waals surface area contributed by atoms with Crippen LogP contribution in [0.2, 0.25) is 0 Å². The van der Waals surface area contributed by atoms with E-state index < -0.39 is 0 Å². The fraction of sp³-hybridized carbons (Fsp3) is 0.125. The van der Waals surface area contributed by atoms with Gasteiger partial charge in [-0.1, -0.05) is 60.7 Å². The lowest BCUT2D eigenvalue weighted by atomic mass is 10.2. The van der Waals surface area contributed by atoms with Crippen LogP contribution in [-0.2, 0) is 4.74 Å². The van der Waals surface area contributed by atoms with Crippen molar-refractivity contribution in [2.75, 3.05) is 6.61 Å². The summed E-state index contributed by atoms with van der Waals surface area (Å²) in [4.78, 5) is 0. The van der Waals surface area contributed by atoms with Gasteiger partial charge in [0.05, 0.1) is 6.61 Å². The summed E-state index contributed by atoms with van der Waals surface area (Å²) < 4.78 is 5.16. The third-order valence-corrected chi connectivity index (χ3v) is 2.89. The maximum atomic E-state index is 8.76. The Bertz CT molecular complexity index is 539. The van der Waals surface area contributed by atoms with Crippen LogP contribution in [0.1, 0.15) is 18.1 Å². The maximum Gasteiger partial charge on any atom is 0.191 e. The van der Waals surface area contributed by atoms with E-state index in [9.17, 15) is 0 Å². The molecule has 0 fully saturated rings. The number of hydrogen-bond acceptors (Lipinski definition) is 3. The second kappa shape index (κ2) is 9.18. The van der Waals surface area contributed by atoms with Crippen molar-refractivity contribution in [3.8, 4) is 0 Å². The lowest BCUT2D eigenvalue weighted by Crippen LogP contribution is -2.01. The van der Waals surface area contributed by atoms with Crippen LogP contribution in [0, 0.1) is 0 Å². The monoisotopic (exact) mass is 304 g/mol. The average molecular weight is 304 g/mol. The molecule has 1 N–H and O–H groups in total. The zero-order valence-corrected chi connectivity index (χ0v) is 12.8. The second-order valence-electron chi connectivity index (χ2n) is 3.76. The average Bonchev–Trinajstić information content (AvgIpc) is 2.50. The third-order valence-electron chi connectivity index (χ3n) is 2.31. The Morgan fingerprint density at radius 3 is 1.70 bits per heavy atom. The molecular formula is C16H16O2S2. The van der Waals surface area contributed by atoms with Gasteiger partial charge in [-0.25, -0.2) is 0 Å². The van der Waals surface area contributed by atoms with Crippen molar-refractivity contribution in [3.05, 3.63) is 71.8 Å². The largest absolute Gasteiger partial charge is 0.499 e. The molecule has 4 heteroatoms. The molecule has 0 aliphatic carbocycles. The van der Waals surface area contributed by atoms with Crippen LogP contribution in [-0.4, -0.2) is 21.8 Å². The lowest BCUT2D eigenvalue weighted by molar-refractivity contribution is 0.337. The van der Waals surface area contributed by atoms with E-state index in [1.54, 1.807) is 12.1 Å². The highest BCUT2D eigenvalue weighted by atomic mass is 32.1. The van der Waals surface area contributed by atoms with E-state index in [0.717, 1.165) is 5.56 Å². The SMILES string of the molecule is CCOC(=S)c1ccccc1.OC(=S)c1ccccc1. The number of hydrogen-bond donors (Lipinski definition) is 1. The Labute approximate surface area is 130 Å². The van der Waals surface area contributed by atoms with Gasteiger partial charge in [0.2, 0.25) is 0 Å². The van der Waals surface area contributed by atoms with Gasteiger partial charge in [0.15, 0.2) is 10.1 Å². The normalized spacial score (nSPS) is 9.05. The smallest absolute Gasteiger partial charge is 0.191 e. The molecule has 0 aromatic heterocycles. The van der Waals surface area contributed by atoms with E-state index in [1.165, 1.54) is 0 Å². The van der Waals surface area contributed by atoms with Crippen molar-refractivity contribution >= 4 is 34.5 Å². The molecule has 0 saturated carbocycles. The summed E-state index contributed by atoms with van der Waals surface area (Å²) in [6.45, 7) is 2.56. The molecule has 0 aliphatic rings. The van der Waals surface area contributed by atoms with Gasteiger partial charge in [-0.15, -0.1) is 0 Å². The molecule has 0 amide bonds. The Morgan fingerprint density at radius 2 is 1.35 bits per heavy atom. The number of aliphatic hydroxyl groups is 1. The van der Waals surface area contributed by atoms with Gasteiger partial charge >= 0.3 is 0 Å². The first-order valence-corrected chi connectivity index (χ1v) is 6.97. The van der Waals surface area contributed by atoms with Crippen molar-refractivity contribution in [1.29, 1.82) is 0 Å². The van der Waals surface area contributed by atoms with Crippen LogP contribution in [0.3, 0.4) is 0 Å². The molecule has 0 spiro atoms. The second-order valence-corrected chi connectivity index (χ2v) is 4.52. The third kappa shape index (κ3) is 5.91. The van der Waals surface area contributed by atoms with E-state index in [2.05, 4.69) is 12.2 Å². The molecule has 2 aromatic rings. The Balaban J connectivity index is 0.000000204. The summed E-state index contributed by atoms with van der Waals surface area (Å²) in [6, 6.07) is 18.8. The molecule has 0 unspecified atom stereocenters. The van der Waals surface area contributed by atoms with Crippen LogP contribution in [0.15, 0.2) is 60.7 Å². The fourth-order valence-corrected chi connectivity index (χ4v) is 1.76. The highest BCUT2D eigenvalue weighted by Crippen LogP contribution is 2.01. The molecule has 0 aliphatic heterocycles. The number of thiocarbonyl (C=S) groups is 2. The van der Waals surface area contributed by atoms with Gasteiger partial charge in [0, 0.05) is 11.1 Å². The predicted molar refractivity (Wildman–Crippen MR) is 90.5 cm³/mol. The van der Waals surface area contributed by atoms with Crippen molar-refractivity contribution in [2.24, 2.45) is 0 Å². The molecule has 0 radical (unpaired) electrons. The Kier molecular flexibility index (Phi) is 7.47. The van der Waals surface area contributed by atoms with Gasteiger partial charge in [0.1, 0.15) is 0 Å². The van der Waals surface area contributed by atoms with Crippen LogP contribution in [0.25, 0.3) is 0 Å². The minimum atomic E-state index is -0.0457. The first kappa shape index (κ1) is 16.3. The quantitative estimate of drug-likeness (QED) is 0.855. The van der Waals surface area contributed by atoms with Gasteiger partial charge in [-0.05, 0) is 31.4 Å². The van der Waals surface area contributed by atoms with E-state index in [4.69, 9.17) is 22.1 Å². The van der Waals surface area contributed by atoms with Gasteiger partial charge in [0.25, 0.3) is 0 Å². The predicted octanol–water partition coefficient (Wildman–Crippen LogP) is 4.32. The summed E-state index contributed by atoms with van der Waals surface area (Å²) in [5.41, 5.74) is 1.68. The van der Waals surface area contributed by atoms with Crippen molar-refractivity contribution in [1.82, 2.24) is 0 Å². The molecule has 0 saturated heterocycles. The minimum absolute atomic E-state index is 0.0457. The first-order valence-electron chi connectivity index (χ1n) is 6.15. The van der Waals surface area contributed by atoms with Gasteiger partial charge in [-0.2, -0.15) is 0 Å². The summed E-state index contributed by atoms with van der Waals surface area (Å²) in [5.74, 6) is 0. The number of benzene rings is 2. The Morgan fingerprint density at radius 1 is 0.900 bits per heavy atom. The molecule has 20 heavy (non-hydrogen) atoms. The van der Waals surface area contributed by atoms with Crippen LogP contribution in [0.5, 0.6) is 0 Å². The highest BCUT2D eigenvalue weighted by Gasteiger charge is 1.97. The molecule has 0 bridgehead atoms. The summed E-state index contributed by atoms with van der Waals surface area (Å²) in [7, 11) is 0. The highest BCUT2D eigenvalue weighted by molar-refractivity contribution is 7.80. The summed E-state index contributed by atoms with van der Waals surface area (Å²) >= 11 is 9.52. The van der Waals surface area contributed by atoms with Gasteiger partial charge in [-0.3, -0.25) is 0 Å². The number of ether oxygens (including phenoxy) is 1. The van der Waals surface area contributed by atoms with Crippen molar-refractivity contribution < 1.29 is 9.84 Å². The standard InChI is InChI=1S/C9H10OS.C7H6OS/c1-2-10-9(11)8-6-4-3-5-7-8;8-7(9)6-4-2-1-3-5-6/h3-7H,2H2,1H3;1-5H,(H,8,9). The van der Waals surface area contributed by atoms with E-state index in [1.807, 2.05) is 55.5 Å². The first-order chi connectivity index (χ1) is 9.65. The molecule has 2 aromatic carbocycles. The van der Waals surface area contributed by atoms with Crippen molar-refractivity contribution in [2.45, 2.75) is 6.92 Å². The molecule has 2 nitrogen and oxygen atoms in total. The lowest BCUT2D eigenvalue weighted by Gasteiger charge is -2.02. The summed E-state index contributed by atoms with van der Waals surface area (Å²) in [5, 5.41) is 9.29. The van der Waals surface area contributed by atoms with Gasteiger partial charge < -0.3 is 9.84 Å². The maximum absolute atomic E-state index is 8.76. The topological polar surface area (TPSA) is 29.5 Å². The molecule has 0 heterocycles. The fourth-order valence-electron chi connectivity index (χ4n) is 1.37. The van der Waals surface area contributed by atoms with Crippen LogP contribution >= 0.6 is 24.4 Å². The zero-order valence-electron chi connectivity index (χ0n) is 11.2. The molecule has 0 atom stereocenters. The van der Waals surface area contributed by atoms with E-state index in [-0.39, 0.29) is 5.05 Å². The van der Waals surface area contributed by atoms with E-state index >= 15 is 0 Å². The summed E-state index contributed by atoms with van der Waals surface area (Å²) in [6.07, 6.45) is 0. The van der Waals surface area contributed by atoms with Crippen molar-refractivity contribution in [3.63, 3.8) is 0 Å². The Hall–Kier alpha value is -1.78. The van der Waals surface area contributed by atoms with E-state index in [0.29, 0.717) is 17.2 Å². The molecular weight excluding hydrogens is 288 g/mol. The van der Waals surface area contributed by atoms with Crippen LogP contribution in [0.4, 0.5) is 0 Å².